The molecule has 2 aromatic carbocycles. The number of halogens is 1. The second-order valence-corrected chi connectivity index (χ2v) is 8.22. The number of rotatable bonds is 4. The van der Waals surface area contributed by atoms with Gasteiger partial charge in [0.05, 0.1) is 11.8 Å². The molecule has 0 saturated carbocycles. The molecule has 2 heterocycles. The van der Waals surface area contributed by atoms with Crippen LogP contribution in [0.3, 0.4) is 0 Å². The zero-order valence-corrected chi connectivity index (χ0v) is 17.5. The summed E-state index contributed by atoms with van der Waals surface area (Å²) in [6.45, 7) is 5.36. The molecule has 3 N–H and O–H groups in total. The van der Waals surface area contributed by atoms with Crippen LogP contribution in [0.4, 0.5) is 10.1 Å². The van der Waals surface area contributed by atoms with Crippen LogP contribution in [-0.4, -0.2) is 29.2 Å². The number of anilines is 1. The van der Waals surface area contributed by atoms with Crippen LogP contribution >= 0.6 is 0 Å². The average molecular weight is 406 g/mol. The van der Waals surface area contributed by atoms with Crippen LogP contribution in [0.15, 0.2) is 54.9 Å². The fourth-order valence-electron chi connectivity index (χ4n) is 4.17. The number of aryl methyl sites for hydroxylation is 1. The molecular formula is C25H28FN3O. The van der Waals surface area contributed by atoms with Crippen molar-refractivity contribution in [2.24, 2.45) is 5.73 Å². The summed E-state index contributed by atoms with van der Waals surface area (Å²) in [5.41, 5.74) is 12.7. The molecular weight excluding hydrogens is 377 g/mol. The minimum Gasteiger partial charge on any atom is -0.389 e. The molecule has 1 unspecified atom stereocenters. The van der Waals surface area contributed by atoms with Crippen LogP contribution < -0.4 is 10.6 Å². The van der Waals surface area contributed by atoms with Gasteiger partial charge in [0.15, 0.2) is 0 Å². The summed E-state index contributed by atoms with van der Waals surface area (Å²) in [5, 5.41) is 9.85. The lowest BCUT2D eigenvalue weighted by atomic mass is 9.94. The Kier molecular flexibility index (Phi) is 5.84. The molecule has 1 aliphatic heterocycles. The molecule has 1 aromatic heterocycles. The molecule has 0 radical (unpaired) electrons. The van der Waals surface area contributed by atoms with E-state index in [1.165, 1.54) is 6.07 Å². The first-order chi connectivity index (χ1) is 14.4. The molecule has 1 aliphatic rings. The molecule has 5 heteroatoms. The number of aromatic nitrogens is 1. The van der Waals surface area contributed by atoms with Crippen molar-refractivity contribution in [2.75, 3.05) is 18.0 Å². The summed E-state index contributed by atoms with van der Waals surface area (Å²) in [7, 11) is 0. The number of aliphatic hydroxyl groups is 1. The third-order valence-electron chi connectivity index (χ3n) is 5.83. The first-order valence-electron chi connectivity index (χ1n) is 10.5. The van der Waals surface area contributed by atoms with Gasteiger partial charge < -0.3 is 15.7 Å². The van der Waals surface area contributed by atoms with Crippen molar-refractivity contribution in [1.82, 2.24) is 4.98 Å². The highest BCUT2D eigenvalue weighted by atomic mass is 19.1. The van der Waals surface area contributed by atoms with E-state index in [0.29, 0.717) is 0 Å². The van der Waals surface area contributed by atoms with Gasteiger partial charge in [0.2, 0.25) is 0 Å². The van der Waals surface area contributed by atoms with E-state index in [2.05, 4.69) is 9.88 Å². The number of hydrogen-bond donors (Lipinski definition) is 2. The fraction of sp³-hybridized carbons (Fsp3) is 0.320. The quantitative estimate of drug-likeness (QED) is 0.652. The third-order valence-corrected chi connectivity index (χ3v) is 5.83. The Morgan fingerprint density at radius 3 is 2.27 bits per heavy atom. The molecule has 1 fully saturated rings. The van der Waals surface area contributed by atoms with E-state index in [-0.39, 0.29) is 11.9 Å². The summed E-state index contributed by atoms with van der Waals surface area (Å²) >= 11 is 0. The van der Waals surface area contributed by atoms with Gasteiger partial charge in [-0.05, 0) is 61.1 Å². The largest absolute Gasteiger partial charge is 0.389 e. The van der Waals surface area contributed by atoms with Gasteiger partial charge in [-0.1, -0.05) is 30.3 Å². The lowest BCUT2D eigenvalue weighted by Gasteiger charge is -2.35. The van der Waals surface area contributed by atoms with Gasteiger partial charge in [-0.25, -0.2) is 4.39 Å². The van der Waals surface area contributed by atoms with Gasteiger partial charge in [0.25, 0.3) is 0 Å². The number of aliphatic hydroxyl groups excluding tert-OH is 1. The Morgan fingerprint density at radius 2 is 1.67 bits per heavy atom. The number of piperidine rings is 1. The number of nitrogens with two attached hydrogens (primary N) is 1. The Morgan fingerprint density at radius 1 is 1.03 bits per heavy atom. The van der Waals surface area contributed by atoms with Crippen molar-refractivity contribution in [2.45, 2.75) is 38.8 Å². The highest BCUT2D eigenvalue weighted by Gasteiger charge is 2.23. The molecule has 30 heavy (non-hydrogen) atoms. The van der Waals surface area contributed by atoms with Crippen molar-refractivity contribution in [3.8, 4) is 22.3 Å². The van der Waals surface area contributed by atoms with Gasteiger partial charge in [0, 0.05) is 42.7 Å². The standard InChI is InChI=1S/C25H28FN3O/c1-16-11-20(13-21(26)12-16)24-15-28-14-23(19-5-3-18(4-6-19)17(2)30)25(24)29-9-7-22(27)8-10-29/h3-6,11-15,17,22,30H,7-10,27H2,1-2H3. The van der Waals surface area contributed by atoms with E-state index in [1.54, 1.807) is 13.0 Å². The van der Waals surface area contributed by atoms with Crippen LogP contribution in [0.25, 0.3) is 22.3 Å². The van der Waals surface area contributed by atoms with Crippen LogP contribution in [0.5, 0.6) is 0 Å². The molecule has 0 amide bonds. The zero-order chi connectivity index (χ0) is 21.3. The number of nitrogens with zero attached hydrogens (tertiary/aromatic N) is 2. The van der Waals surface area contributed by atoms with Crippen LogP contribution in [0.2, 0.25) is 0 Å². The minimum atomic E-state index is -0.512. The molecule has 4 nitrogen and oxygen atoms in total. The lowest BCUT2D eigenvalue weighted by Crippen LogP contribution is -2.40. The highest BCUT2D eigenvalue weighted by molar-refractivity contribution is 5.90. The fourth-order valence-corrected chi connectivity index (χ4v) is 4.17. The average Bonchev–Trinajstić information content (AvgIpc) is 2.73. The second-order valence-electron chi connectivity index (χ2n) is 8.22. The van der Waals surface area contributed by atoms with Gasteiger partial charge in [-0.2, -0.15) is 0 Å². The molecule has 0 bridgehead atoms. The van der Waals surface area contributed by atoms with Crippen molar-refractivity contribution in [1.29, 1.82) is 0 Å². The van der Waals surface area contributed by atoms with Crippen molar-refractivity contribution in [3.05, 3.63) is 71.8 Å². The molecule has 3 aromatic rings. The van der Waals surface area contributed by atoms with Gasteiger partial charge in [-0.15, -0.1) is 0 Å². The molecule has 1 atom stereocenters. The maximum atomic E-state index is 14.2. The topological polar surface area (TPSA) is 62.4 Å². The van der Waals surface area contributed by atoms with Gasteiger partial charge in [-0.3, -0.25) is 4.98 Å². The third kappa shape index (κ3) is 4.23. The predicted octanol–water partition coefficient (Wildman–Crippen LogP) is 4.84. The molecule has 1 saturated heterocycles. The molecule has 0 spiro atoms. The number of hydrogen-bond acceptors (Lipinski definition) is 4. The maximum absolute atomic E-state index is 14.2. The predicted molar refractivity (Wildman–Crippen MR) is 120 cm³/mol. The summed E-state index contributed by atoms with van der Waals surface area (Å²) < 4.78 is 14.2. The Balaban J connectivity index is 1.87. The van der Waals surface area contributed by atoms with Crippen LogP contribution in [-0.2, 0) is 0 Å². The van der Waals surface area contributed by atoms with Gasteiger partial charge >= 0.3 is 0 Å². The van der Waals surface area contributed by atoms with E-state index >= 15 is 0 Å². The van der Waals surface area contributed by atoms with E-state index in [0.717, 1.165) is 65.0 Å². The first-order valence-corrected chi connectivity index (χ1v) is 10.5. The van der Waals surface area contributed by atoms with E-state index in [4.69, 9.17) is 5.73 Å². The zero-order valence-electron chi connectivity index (χ0n) is 17.5. The van der Waals surface area contributed by atoms with Gasteiger partial charge in [0.1, 0.15) is 5.82 Å². The second kappa shape index (κ2) is 8.54. The van der Waals surface area contributed by atoms with Crippen LogP contribution in [0.1, 0.15) is 37.0 Å². The smallest absolute Gasteiger partial charge is 0.124 e. The molecule has 0 aliphatic carbocycles. The first kappa shape index (κ1) is 20.5. The molecule has 156 valence electrons. The lowest BCUT2D eigenvalue weighted by molar-refractivity contribution is 0.199. The minimum absolute atomic E-state index is 0.219. The molecule has 4 rings (SSSR count). The summed E-state index contributed by atoms with van der Waals surface area (Å²) in [6.07, 6.45) is 5.03. The van der Waals surface area contributed by atoms with E-state index in [9.17, 15) is 9.50 Å². The number of benzene rings is 2. The number of pyridine rings is 1. The Bertz CT molecular complexity index is 1000. The van der Waals surface area contributed by atoms with Crippen molar-refractivity contribution in [3.63, 3.8) is 0 Å². The maximum Gasteiger partial charge on any atom is 0.124 e. The van der Waals surface area contributed by atoms with Crippen LogP contribution in [0, 0.1) is 12.7 Å². The SMILES string of the molecule is Cc1cc(F)cc(-c2cncc(-c3ccc(C(C)O)cc3)c2N2CCC(N)CC2)c1. The van der Waals surface area contributed by atoms with Crippen molar-refractivity contribution >= 4 is 5.69 Å². The summed E-state index contributed by atoms with van der Waals surface area (Å²) in [4.78, 5) is 6.85. The summed E-state index contributed by atoms with van der Waals surface area (Å²) in [6, 6.07) is 13.2. The normalized spacial score (nSPS) is 16.0. The summed E-state index contributed by atoms with van der Waals surface area (Å²) in [5.74, 6) is -0.247. The van der Waals surface area contributed by atoms with Crippen molar-refractivity contribution < 1.29 is 9.50 Å². The monoisotopic (exact) mass is 405 g/mol. The Hall–Kier alpha value is -2.76. The van der Waals surface area contributed by atoms with E-state index < -0.39 is 6.10 Å². The Labute approximate surface area is 177 Å². The van der Waals surface area contributed by atoms with E-state index in [1.807, 2.05) is 49.6 Å². The highest BCUT2D eigenvalue weighted by Crippen LogP contribution is 2.40.